The zero-order chi connectivity index (χ0) is 24.7. The van der Waals surface area contributed by atoms with Gasteiger partial charge in [-0.3, -0.25) is 9.69 Å². The molecule has 1 aliphatic rings. The average molecular weight is 469 g/mol. The highest BCUT2D eigenvalue weighted by Gasteiger charge is 2.27. The van der Waals surface area contributed by atoms with Crippen LogP contribution in [0.5, 0.6) is 5.75 Å². The zero-order valence-electron chi connectivity index (χ0n) is 20.9. The number of amides is 1. The molecule has 1 amide bonds. The van der Waals surface area contributed by atoms with E-state index < -0.39 is 12.3 Å². The minimum absolute atomic E-state index is 0.0578. The number of aryl methyl sites for hydroxylation is 1. The van der Waals surface area contributed by atoms with Gasteiger partial charge in [0.25, 0.3) is 5.91 Å². The number of carbonyl (C=O) groups is 1. The fourth-order valence-corrected chi connectivity index (χ4v) is 4.42. The second-order valence-corrected chi connectivity index (χ2v) is 9.36. The van der Waals surface area contributed by atoms with Crippen molar-refractivity contribution >= 4 is 17.3 Å². The highest BCUT2D eigenvalue weighted by atomic mass is 16.5. The molecule has 5 N–H and O–H groups in total. The van der Waals surface area contributed by atoms with Crippen LogP contribution >= 0.6 is 0 Å². The number of β-amino-alcohol motifs (C(OH)–C–C–N with tert-alkyl or cyclic N) is 1. The highest BCUT2D eigenvalue weighted by Crippen LogP contribution is 2.30. The second kappa shape index (κ2) is 12.1. The number of nitrogens with one attached hydrogen (secondary N) is 2. The molecule has 0 aromatic heterocycles. The van der Waals surface area contributed by atoms with Crippen molar-refractivity contribution in [3.05, 3.63) is 53.1 Å². The predicted octanol–water partition coefficient (Wildman–Crippen LogP) is 3.75. The molecule has 1 aliphatic heterocycles. The van der Waals surface area contributed by atoms with Crippen molar-refractivity contribution in [1.29, 1.82) is 0 Å². The Labute approximate surface area is 203 Å². The lowest BCUT2D eigenvalue weighted by atomic mass is 10.0. The number of nitrogens with two attached hydrogens (primary N) is 1. The van der Waals surface area contributed by atoms with Gasteiger partial charge in [0.05, 0.1) is 0 Å². The Balaban J connectivity index is 1.50. The summed E-state index contributed by atoms with van der Waals surface area (Å²) in [7, 11) is 0. The van der Waals surface area contributed by atoms with E-state index in [9.17, 15) is 9.90 Å². The molecule has 3 rings (SSSR count). The minimum atomic E-state index is -0.633. The number of aliphatic hydroxyl groups is 1. The quantitative estimate of drug-likeness (QED) is 0.313. The Morgan fingerprint density at radius 2 is 1.85 bits per heavy atom. The number of benzene rings is 2. The third-order valence-corrected chi connectivity index (χ3v) is 6.69. The summed E-state index contributed by atoms with van der Waals surface area (Å²) in [5.41, 5.74) is 10.8. The van der Waals surface area contributed by atoms with Crippen molar-refractivity contribution < 1.29 is 14.6 Å². The first kappa shape index (κ1) is 25.8. The topological polar surface area (TPSA) is 99.8 Å². The summed E-state index contributed by atoms with van der Waals surface area (Å²) in [6, 6.07) is 11.8. The standard InChI is InChI=1S/C27H40N4O3/c1-5-9-23(34-24-16-18(2)26(28)20(4)19(24)3)27(33)30-22-12-14-31(15-13-22)17-25(32)29-21-10-7-6-8-11-21/h6-8,10-11,16,22-23,25,29,32H,5,9,12-15,17,28H2,1-4H3,(H,30,33). The number of hydrogen-bond acceptors (Lipinski definition) is 6. The predicted molar refractivity (Wildman–Crippen MR) is 138 cm³/mol. The van der Waals surface area contributed by atoms with Crippen LogP contribution in [0.1, 0.15) is 49.3 Å². The molecule has 2 aromatic rings. The van der Waals surface area contributed by atoms with E-state index in [-0.39, 0.29) is 11.9 Å². The van der Waals surface area contributed by atoms with Crippen molar-refractivity contribution in [2.45, 2.75) is 71.8 Å². The van der Waals surface area contributed by atoms with Gasteiger partial charge in [0.15, 0.2) is 6.10 Å². The van der Waals surface area contributed by atoms with Crippen LogP contribution in [0.3, 0.4) is 0 Å². The van der Waals surface area contributed by atoms with E-state index >= 15 is 0 Å². The van der Waals surface area contributed by atoms with Crippen LogP contribution in [-0.4, -0.2) is 53.9 Å². The normalized spacial score (nSPS) is 16.6. The molecule has 1 saturated heterocycles. The van der Waals surface area contributed by atoms with Crippen molar-refractivity contribution in [3.8, 4) is 5.75 Å². The van der Waals surface area contributed by atoms with Gasteiger partial charge in [0.1, 0.15) is 12.0 Å². The van der Waals surface area contributed by atoms with Crippen molar-refractivity contribution in [1.82, 2.24) is 10.2 Å². The molecule has 0 saturated carbocycles. The molecule has 34 heavy (non-hydrogen) atoms. The molecule has 1 heterocycles. The monoisotopic (exact) mass is 468 g/mol. The van der Waals surface area contributed by atoms with Crippen LogP contribution in [0.4, 0.5) is 11.4 Å². The van der Waals surface area contributed by atoms with E-state index in [0.29, 0.717) is 13.0 Å². The van der Waals surface area contributed by atoms with Gasteiger partial charge in [0.2, 0.25) is 0 Å². The molecule has 2 unspecified atom stereocenters. The van der Waals surface area contributed by atoms with Gasteiger partial charge in [-0.2, -0.15) is 0 Å². The molecular weight excluding hydrogens is 428 g/mol. The number of ether oxygens (including phenoxy) is 1. The number of carbonyl (C=O) groups excluding carboxylic acids is 1. The molecule has 7 nitrogen and oxygen atoms in total. The lowest BCUT2D eigenvalue weighted by molar-refractivity contribution is -0.129. The summed E-state index contributed by atoms with van der Waals surface area (Å²) < 4.78 is 6.22. The number of rotatable bonds is 10. The third kappa shape index (κ3) is 6.87. The van der Waals surface area contributed by atoms with Crippen LogP contribution in [0.25, 0.3) is 0 Å². The van der Waals surface area contributed by atoms with Gasteiger partial charge in [0, 0.05) is 37.1 Å². The highest BCUT2D eigenvalue weighted by molar-refractivity contribution is 5.81. The van der Waals surface area contributed by atoms with E-state index in [1.54, 1.807) is 0 Å². The number of nitrogen functional groups attached to an aromatic ring is 1. The summed E-state index contributed by atoms with van der Waals surface area (Å²) >= 11 is 0. The van der Waals surface area contributed by atoms with E-state index in [1.165, 1.54) is 0 Å². The van der Waals surface area contributed by atoms with Crippen LogP contribution in [0.2, 0.25) is 0 Å². The van der Waals surface area contributed by atoms with E-state index in [0.717, 1.165) is 66.2 Å². The SMILES string of the molecule is CCCC(Oc1cc(C)c(N)c(C)c1C)C(=O)NC1CCN(CC(O)Nc2ccccc2)CC1. The fourth-order valence-electron chi connectivity index (χ4n) is 4.42. The van der Waals surface area contributed by atoms with Crippen LogP contribution in [0, 0.1) is 20.8 Å². The Bertz CT molecular complexity index is 943. The molecule has 0 aliphatic carbocycles. The maximum absolute atomic E-state index is 13.1. The van der Waals surface area contributed by atoms with E-state index in [4.69, 9.17) is 10.5 Å². The number of para-hydroxylation sites is 1. The number of aliphatic hydroxyl groups excluding tert-OH is 1. The van der Waals surface area contributed by atoms with Gasteiger partial charge in [-0.25, -0.2) is 0 Å². The summed E-state index contributed by atoms with van der Waals surface area (Å²) in [6.45, 7) is 10.2. The summed E-state index contributed by atoms with van der Waals surface area (Å²) in [6.07, 6.45) is 2.05. The maximum Gasteiger partial charge on any atom is 0.261 e. The largest absolute Gasteiger partial charge is 0.480 e. The van der Waals surface area contributed by atoms with E-state index in [1.807, 2.05) is 57.2 Å². The Morgan fingerprint density at radius 1 is 1.18 bits per heavy atom. The number of piperidine rings is 1. The molecule has 1 fully saturated rings. The average Bonchev–Trinajstić information content (AvgIpc) is 2.82. The Kier molecular flexibility index (Phi) is 9.19. The first-order valence-corrected chi connectivity index (χ1v) is 12.3. The van der Waals surface area contributed by atoms with Gasteiger partial charge >= 0.3 is 0 Å². The van der Waals surface area contributed by atoms with Crippen LogP contribution in [-0.2, 0) is 4.79 Å². The van der Waals surface area contributed by atoms with Crippen molar-refractivity contribution in [2.24, 2.45) is 0 Å². The zero-order valence-corrected chi connectivity index (χ0v) is 20.9. The molecule has 0 spiro atoms. The molecule has 2 aromatic carbocycles. The van der Waals surface area contributed by atoms with Crippen LogP contribution < -0.4 is 21.1 Å². The molecule has 186 valence electrons. The molecular formula is C27H40N4O3. The summed E-state index contributed by atoms with van der Waals surface area (Å²) in [5.74, 6) is 0.671. The van der Waals surface area contributed by atoms with Gasteiger partial charge in [-0.1, -0.05) is 31.5 Å². The summed E-state index contributed by atoms with van der Waals surface area (Å²) in [5, 5.41) is 16.7. The molecule has 7 heteroatoms. The Hall–Kier alpha value is -2.77. The number of likely N-dealkylation sites (tertiary alicyclic amines) is 1. The molecule has 0 bridgehead atoms. The third-order valence-electron chi connectivity index (χ3n) is 6.69. The second-order valence-electron chi connectivity index (χ2n) is 9.36. The number of hydrogen-bond donors (Lipinski definition) is 4. The fraction of sp³-hybridized carbons (Fsp3) is 0.519. The lowest BCUT2D eigenvalue weighted by Gasteiger charge is -2.34. The van der Waals surface area contributed by atoms with Gasteiger partial charge < -0.3 is 26.2 Å². The van der Waals surface area contributed by atoms with Gasteiger partial charge in [-0.15, -0.1) is 0 Å². The summed E-state index contributed by atoms with van der Waals surface area (Å²) in [4.78, 5) is 15.3. The first-order chi connectivity index (χ1) is 16.3. The Morgan fingerprint density at radius 3 is 2.50 bits per heavy atom. The van der Waals surface area contributed by atoms with Crippen molar-refractivity contribution in [2.75, 3.05) is 30.7 Å². The molecule has 2 atom stereocenters. The van der Waals surface area contributed by atoms with Crippen molar-refractivity contribution in [3.63, 3.8) is 0 Å². The number of anilines is 2. The first-order valence-electron chi connectivity index (χ1n) is 12.3. The van der Waals surface area contributed by atoms with Gasteiger partial charge in [-0.05, 0) is 74.9 Å². The molecule has 0 radical (unpaired) electrons. The lowest BCUT2D eigenvalue weighted by Crippen LogP contribution is -2.50. The van der Waals surface area contributed by atoms with Crippen LogP contribution in [0.15, 0.2) is 36.4 Å². The maximum atomic E-state index is 13.1. The minimum Gasteiger partial charge on any atom is -0.480 e. The van der Waals surface area contributed by atoms with E-state index in [2.05, 4.69) is 22.5 Å². The smallest absolute Gasteiger partial charge is 0.261 e. The number of nitrogens with zero attached hydrogens (tertiary/aromatic N) is 1.